The molecule has 310 valence electrons. The molecule has 6 aromatic carbocycles. The first-order chi connectivity index (χ1) is 29.1. The number of allylic oxidation sites excluding steroid dienone is 5. The lowest BCUT2D eigenvalue weighted by atomic mass is 9.72. The molecule has 60 heavy (non-hydrogen) atoms. The van der Waals surface area contributed by atoms with Crippen molar-refractivity contribution in [3.8, 4) is 11.1 Å². The summed E-state index contributed by atoms with van der Waals surface area (Å²) in [5.74, 6) is 1.76. The fraction of sp³-hybridized carbons (Fsp3) is 0.276. The van der Waals surface area contributed by atoms with Crippen LogP contribution in [0.25, 0.3) is 22.8 Å². The molecule has 0 saturated carbocycles. The monoisotopic (exact) mass is 793 g/mol. The molecule has 0 spiro atoms. The average molecular weight is 793 g/mol. The molecule has 3 unspecified atom stereocenters. The molecule has 2 aliphatic rings. The van der Waals surface area contributed by atoms with Gasteiger partial charge in [-0.25, -0.2) is 0 Å². The summed E-state index contributed by atoms with van der Waals surface area (Å²) in [5, 5.41) is 0. The van der Waals surface area contributed by atoms with Crippen LogP contribution >= 0.6 is 0 Å². The van der Waals surface area contributed by atoms with Gasteiger partial charge < -0.3 is 11.5 Å². The van der Waals surface area contributed by atoms with Crippen LogP contribution in [-0.2, 0) is 11.8 Å². The van der Waals surface area contributed by atoms with E-state index in [4.69, 9.17) is 11.5 Å². The molecule has 8 rings (SSSR count). The SMILES string of the molecule is C/C=C\c1c(CC)ccc(C)c1C1C=CC(c2ccccc2)=CC1C(C)C.CC.CC1(C)c2ccccc2-c2ccc(C(CN)c3ccccc3)cc21.Nc1ccccc1. The third-order valence-electron chi connectivity index (χ3n) is 12.0. The Labute approximate surface area is 362 Å². The van der Waals surface area contributed by atoms with Gasteiger partial charge in [-0.15, -0.1) is 0 Å². The van der Waals surface area contributed by atoms with E-state index in [0.717, 1.165) is 12.1 Å². The second kappa shape index (κ2) is 21.5. The van der Waals surface area contributed by atoms with Gasteiger partial charge >= 0.3 is 0 Å². The summed E-state index contributed by atoms with van der Waals surface area (Å²) in [6.45, 7) is 20.6. The van der Waals surface area contributed by atoms with Crippen LogP contribution in [0.5, 0.6) is 0 Å². The maximum Gasteiger partial charge on any atom is 0.0313 e. The molecule has 6 aromatic rings. The molecule has 0 bridgehead atoms. The van der Waals surface area contributed by atoms with Crippen LogP contribution in [0, 0.1) is 18.8 Å². The smallest absolute Gasteiger partial charge is 0.0313 e. The number of rotatable bonds is 8. The summed E-state index contributed by atoms with van der Waals surface area (Å²) >= 11 is 0. The highest BCUT2D eigenvalue weighted by Crippen LogP contribution is 2.49. The van der Waals surface area contributed by atoms with E-state index < -0.39 is 0 Å². The van der Waals surface area contributed by atoms with Gasteiger partial charge in [-0.1, -0.05) is 212 Å². The lowest BCUT2D eigenvalue weighted by molar-refractivity contribution is 0.425. The van der Waals surface area contributed by atoms with E-state index in [1.807, 2.05) is 44.2 Å². The molecule has 2 heteroatoms. The number of hydrogen-bond donors (Lipinski definition) is 2. The minimum absolute atomic E-state index is 0.0395. The largest absolute Gasteiger partial charge is 0.399 e. The molecule has 3 atom stereocenters. The Morgan fingerprint density at radius 1 is 0.700 bits per heavy atom. The van der Waals surface area contributed by atoms with Crippen LogP contribution in [-0.4, -0.2) is 6.54 Å². The van der Waals surface area contributed by atoms with Crippen LogP contribution in [0.3, 0.4) is 0 Å². The van der Waals surface area contributed by atoms with E-state index in [-0.39, 0.29) is 11.3 Å². The molecule has 0 heterocycles. The summed E-state index contributed by atoms with van der Waals surface area (Å²) in [4.78, 5) is 0. The van der Waals surface area contributed by atoms with E-state index in [2.05, 4.69) is 194 Å². The Bertz CT molecular complexity index is 2350. The van der Waals surface area contributed by atoms with E-state index >= 15 is 0 Å². The Hall–Kier alpha value is -5.70. The quantitative estimate of drug-likeness (QED) is 0.151. The molecule has 0 fully saturated rings. The molecular formula is C58H68N2. The van der Waals surface area contributed by atoms with Gasteiger partial charge in [-0.05, 0) is 111 Å². The second-order valence-corrected chi connectivity index (χ2v) is 16.5. The Kier molecular flexibility index (Phi) is 16.3. The third kappa shape index (κ3) is 10.4. The lowest BCUT2D eigenvalue weighted by Gasteiger charge is -2.32. The first-order valence-corrected chi connectivity index (χ1v) is 22.1. The van der Waals surface area contributed by atoms with Crippen molar-refractivity contribution >= 4 is 17.3 Å². The number of aryl methyl sites for hydroxylation is 2. The molecule has 4 N–H and O–H groups in total. The number of nitrogen functional groups attached to an aromatic ring is 1. The number of nitrogens with two attached hydrogens (primary N) is 2. The van der Waals surface area contributed by atoms with Crippen molar-refractivity contribution in [2.24, 2.45) is 17.6 Å². The van der Waals surface area contributed by atoms with Gasteiger partial charge in [0.1, 0.15) is 0 Å². The standard InChI is InChI=1S/C27H32.C23H23N.C6H7N.C2H6/c1-6-11-24-21(7-2)15-14-20(5)27(24)25-17-16-23(18-26(25)19(3)4)22-12-9-8-10-13-22;1-23(2)21-11-7-6-10-18(21)19-13-12-17(14-22(19)23)20(15-24)16-8-4-3-5-9-16;7-6-4-2-1-3-5-6;1-2/h6,8-19,25-26H,7H2,1-5H3;3-14,20H,15,24H2,1-2H3;1-5H,7H2;1-2H3/b11-6-;;;. The average Bonchev–Trinajstić information content (AvgIpc) is 3.51. The zero-order valence-electron chi connectivity index (χ0n) is 37.6. The molecule has 0 aliphatic heterocycles. The molecular weight excluding hydrogens is 725 g/mol. The molecule has 0 saturated heterocycles. The van der Waals surface area contributed by atoms with Gasteiger partial charge in [0.2, 0.25) is 0 Å². The van der Waals surface area contributed by atoms with Gasteiger partial charge in [0.05, 0.1) is 0 Å². The summed E-state index contributed by atoms with van der Waals surface area (Å²) in [7, 11) is 0. The predicted octanol–water partition coefficient (Wildman–Crippen LogP) is 15.0. The highest BCUT2D eigenvalue weighted by atomic mass is 14.6. The second-order valence-electron chi connectivity index (χ2n) is 16.5. The van der Waals surface area contributed by atoms with Crippen LogP contribution < -0.4 is 11.5 Å². The van der Waals surface area contributed by atoms with Crippen molar-refractivity contribution in [3.05, 3.63) is 220 Å². The van der Waals surface area contributed by atoms with Crippen LogP contribution in [0.15, 0.2) is 170 Å². The van der Waals surface area contributed by atoms with E-state index in [1.165, 1.54) is 66.8 Å². The molecule has 0 radical (unpaired) electrons. The van der Waals surface area contributed by atoms with Crippen molar-refractivity contribution in [1.29, 1.82) is 0 Å². The highest BCUT2D eigenvalue weighted by molar-refractivity contribution is 5.81. The first kappa shape index (κ1) is 45.4. The normalized spacial score (nSPS) is 16.2. The van der Waals surface area contributed by atoms with Crippen molar-refractivity contribution in [3.63, 3.8) is 0 Å². The minimum Gasteiger partial charge on any atom is -0.399 e. The first-order valence-electron chi connectivity index (χ1n) is 22.1. The van der Waals surface area contributed by atoms with Crippen molar-refractivity contribution in [1.82, 2.24) is 0 Å². The fourth-order valence-electron chi connectivity index (χ4n) is 8.87. The Balaban J connectivity index is 0.000000190. The Morgan fingerprint density at radius 3 is 1.88 bits per heavy atom. The summed E-state index contributed by atoms with van der Waals surface area (Å²) in [5.41, 5.74) is 28.9. The molecule has 0 amide bonds. The minimum atomic E-state index is 0.0395. The lowest BCUT2D eigenvalue weighted by Crippen LogP contribution is -2.20. The van der Waals surface area contributed by atoms with Crippen LogP contribution in [0.1, 0.15) is 117 Å². The maximum absolute atomic E-state index is 6.13. The van der Waals surface area contributed by atoms with E-state index in [1.54, 1.807) is 0 Å². The molecule has 0 aromatic heterocycles. The van der Waals surface area contributed by atoms with Gasteiger partial charge in [0.25, 0.3) is 0 Å². The topological polar surface area (TPSA) is 52.0 Å². The highest BCUT2D eigenvalue weighted by Gasteiger charge is 2.35. The van der Waals surface area contributed by atoms with Gasteiger partial charge in [0, 0.05) is 29.5 Å². The van der Waals surface area contributed by atoms with Crippen molar-refractivity contribution in [2.45, 2.75) is 86.0 Å². The number of fused-ring (bicyclic) bond motifs is 3. The number of para-hydroxylation sites is 1. The summed E-state index contributed by atoms with van der Waals surface area (Å²) in [6, 6.07) is 51.1. The number of anilines is 1. The van der Waals surface area contributed by atoms with Gasteiger partial charge in [-0.2, -0.15) is 0 Å². The molecule has 2 nitrogen and oxygen atoms in total. The number of benzene rings is 6. The van der Waals surface area contributed by atoms with Crippen molar-refractivity contribution in [2.75, 3.05) is 12.3 Å². The van der Waals surface area contributed by atoms with Gasteiger partial charge in [-0.3, -0.25) is 0 Å². The zero-order valence-corrected chi connectivity index (χ0v) is 37.6. The molecule has 2 aliphatic carbocycles. The van der Waals surface area contributed by atoms with Gasteiger partial charge in [0.15, 0.2) is 0 Å². The summed E-state index contributed by atoms with van der Waals surface area (Å²) < 4.78 is 0. The maximum atomic E-state index is 6.13. The summed E-state index contributed by atoms with van der Waals surface area (Å²) in [6.07, 6.45) is 12.8. The predicted molar refractivity (Wildman–Crippen MR) is 263 cm³/mol. The van der Waals surface area contributed by atoms with Crippen LogP contribution in [0.2, 0.25) is 0 Å². The van der Waals surface area contributed by atoms with Crippen molar-refractivity contribution < 1.29 is 0 Å². The third-order valence-corrected chi connectivity index (χ3v) is 12.0. The van der Waals surface area contributed by atoms with E-state index in [0.29, 0.717) is 24.3 Å². The van der Waals surface area contributed by atoms with E-state index in [9.17, 15) is 0 Å². The zero-order chi connectivity index (χ0) is 43.2. The Morgan fingerprint density at radius 2 is 1.30 bits per heavy atom. The van der Waals surface area contributed by atoms with Crippen LogP contribution in [0.4, 0.5) is 5.69 Å². The fourth-order valence-corrected chi connectivity index (χ4v) is 8.87. The number of hydrogen-bond acceptors (Lipinski definition) is 2.